The average Bonchev–Trinajstić information content (AvgIpc) is 2.94. The number of carbonyl (C=O) groups excluding carboxylic acids is 2. The van der Waals surface area contributed by atoms with Gasteiger partial charge in [-0.3, -0.25) is 14.4 Å². The minimum atomic E-state index is -0.814. The van der Waals surface area contributed by atoms with Gasteiger partial charge < -0.3 is 18.9 Å². The summed E-state index contributed by atoms with van der Waals surface area (Å²) >= 11 is 0. The second-order valence-corrected chi connectivity index (χ2v) is 9.48. The zero-order valence-corrected chi connectivity index (χ0v) is 22.2. The molecule has 39 heavy (non-hydrogen) atoms. The van der Waals surface area contributed by atoms with Gasteiger partial charge in [0.05, 0.1) is 32.0 Å². The highest BCUT2D eigenvalue weighted by molar-refractivity contribution is 5.67. The van der Waals surface area contributed by atoms with Crippen LogP contribution >= 0.6 is 0 Å². The maximum absolute atomic E-state index is 12.2. The molecule has 0 radical (unpaired) electrons. The molecule has 1 aliphatic rings. The lowest BCUT2D eigenvalue weighted by Crippen LogP contribution is -2.63. The Kier molecular flexibility index (Phi) is 10.6. The van der Waals surface area contributed by atoms with Gasteiger partial charge in [0, 0.05) is 13.8 Å². The maximum atomic E-state index is 12.2. The van der Waals surface area contributed by atoms with E-state index in [0.717, 1.165) is 16.7 Å². The molecule has 1 fully saturated rings. The third-order valence-electron chi connectivity index (χ3n) is 6.41. The molecule has 8 heteroatoms. The zero-order chi connectivity index (χ0) is 27.5. The number of hydrogen-bond acceptors (Lipinski definition) is 8. The van der Waals surface area contributed by atoms with Crippen LogP contribution in [0.2, 0.25) is 0 Å². The topological polar surface area (TPSA) is 92.3 Å². The largest absolute Gasteiger partial charge is 0.458 e. The van der Waals surface area contributed by atoms with Crippen molar-refractivity contribution in [1.82, 2.24) is 5.48 Å². The van der Waals surface area contributed by atoms with Crippen molar-refractivity contribution in [3.8, 4) is 0 Å². The Bertz CT molecular complexity index is 1160. The van der Waals surface area contributed by atoms with Crippen LogP contribution in [0, 0.1) is 0 Å². The van der Waals surface area contributed by atoms with E-state index < -0.39 is 42.4 Å². The van der Waals surface area contributed by atoms with Gasteiger partial charge in [-0.15, -0.1) is 0 Å². The molecule has 0 spiro atoms. The van der Waals surface area contributed by atoms with Crippen LogP contribution in [0.25, 0.3) is 0 Å². The van der Waals surface area contributed by atoms with Crippen LogP contribution in [0.1, 0.15) is 37.0 Å². The van der Waals surface area contributed by atoms with E-state index in [1.165, 1.54) is 13.8 Å². The molecule has 0 aromatic heterocycles. The van der Waals surface area contributed by atoms with Gasteiger partial charge in [0.1, 0.15) is 12.2 Å². The second-order valence-electron chi connectivity index (χ2n) is 9.48. The lowest BCUT2D eigenvalue weighted by atomic mass is 9.85. The van der Waals surface area contributed by atoms with Crippen LogP contribution < -0.4 is 5.48 Å². The first kappa shape index (κ1) is 28.4. The third kappa shape index (κ3) is 8.73. The highest BCUT2D eigenvalue weighted by Crippen LogP contribution is 2.31. The molecular weight excluding hydrogens is 498 g/mol. The molecule has 1 saturated carbocycles. The van der Waals surface area contributed by atoms with Gasteiger partial charge >= 0.3 is 11.9 Å². The Morgan fingerprint density at radius 3 is 1.62 bits per heavy atom. The molecule has 5 atom stereocenters. The van der Waals surface area contributed by atoms with Gasteiger partial charge in [0.25, 0.3) is 0 Å². The predicted octanol–water partition coefficient (Wildman–Crippen LogP) is 4.51. The SMILES string of the molecule is CC(=O)O[C@@H]1[C@@H](OCc2ccccc2)[C@H](OC(C)=O)[C@H](OCc2ccccc2)C[C@H]1NOCc1ccccc1. The number of carbonyl (C=O) groups is 2. The standard InChI is InChI=1S/C31H35NO7/c1-22(33)38-29-27(32-37-21-26-16-10-5-11-17-26)18-28(35-19-24-12-6-3-7-13-24)30(39-23(2)34)31(29)36-20-25-14-8-4-9-15-25/h3-17,27-32H,18-21H2,1-2H3/t27-,28-,29+,30-,31-/m1/s1. The van der Waals surface area contributed by atoms with Gasteiger partial charge in [0.15, 0.2) is 6.10 Å². The average molecular weight is 534 g/mol. The van der Waals surface area contributed by atoms with Crippen molar-refractivity contribution in [2.45, 2.75) is 70.5 Å². The summed E-state index contributed by atoms with van der Waals surface area (Å²) in [7, 11) is 0. The molecule has 1 aliphatic carbocycles. The summed E-state index contributed by atoms with van der Waals surface area (Å²) in [6.07, 6.45) is -2.64. The first-order valence-electron chi connectivity index (χ1n) is 13.1. The molecule has 0 amide bonds. The number of rotatable bonds is 12. The van der Waals surface area contributed by atoms with Crippen LogP contribution in [0.3, 0.4) is 0 Å². The van der Waals surface area contributed by atoms with Crippen molar-refractivity contribution >= 4 is 11.9 Å². The minimum Gasteiger partial charge on any atom is -0.458 e. The Balaban J connectivity index is 1.58. The van der Waals surface area contributed by atoms with Gasteiger partial charge in [-0.2, -0.15) is 5.48 Å². The van der Waals surface area contributed by atoms with Crippen LogP contribution in [0.4, 0.5) is 0 Å². The first-order valence-corrected chi connectivity index (χ1v) is 13.1. The molecule has 206 valence electrons. The van der Waals surface area contributed by atoms with E-state index in [0.29, 0.717) is 19.6 Å². The highest BCUT2D eigenvalue weighted by atomic mass is 16.7. The van der Waals surface area contributed by atoms with Crippen molar-refractivity contribution in [3.63, 3.8) is 0 Å². The van der Waals surface area contributed by atoms with E-state index >= 15 is 0 Å². The van der Waals surface area contributed by atoms with Crippen molar-refractivity contribution in [1.29, 1.82) is 0 Å². The molecule has 8 nitrogen and oxygen atoms in total. The van der Waals surface area contributed by atoms with E-state index in [9.17, 15) is 9.59 Å². The quantitative estimate of drug-likeness (QED) is 0.269. The van der Waals surface area contributed by atoms with Crippen molar-refractivity contribution in [2.75, 3.05) is 0 Å². The number of nitrogens with one attached hydrogen (secondary N) is 1. The van der Waals surface area contributed by atoms with E-state index in [1.807, 2.05) is 91.0 Å². The van der Waals surface area contributed by atoms with Gasteiger partial charge in [-0.25, -0.2) is 0 Å². The number of hydroxylamine groups is 1. The molecular formula is C31H35NO7. The highest BCUT2D eigenvalue weighted by Gasteiger charge is 2.50. The van der Waals surface area contributed by atoms with E-state index in [-0.39, 0.29) is 6.61 Å². The third-order valence-corrected chi connectivity index (χ3v) is 6.41. The second kappa shape index (κ2) is 14.6. The maximum Gasteiger partial charge on any atom is 0.303 e. The summed E-state index contributed by atoms with van der Waals surface area (Å²) in [6.45, 7) is 3.53. The molecule has 3 aromatic carbocycles. The van der Waals surface area contributed by atoms with Crippen molar-refractivity contribution < 1.29 is 33.4 Å². The normalized spacial score (nSPS) is 22.7. The Morgan fingerprint density at radius 1 is 0.641 bits per heavy atom. The summed E-state index contributed by atoms with van der Waals surface area (Å²) in [5.74, 6) is -0.955. The summed E-state index contributed by atoms with van der Waals surface area (Å²) in [5.41, 5.74) is 5.97. The molecule has 4 rings (SSSR count). The first-order chi connectivity index (χ1) is 19.0. The van der Waals surface area contributed by atoms with E-state index in [1.54, 1.807) is 0 Å². The smallest absolute Gasteiger partial charge is 0.303 e. The predicted molar refractivity (Wildman–Crippen MR) is 144 cm³/mol. The Labute approximate surface area is 229 Å². The van der Waals surface area contributed by atoms with Crippen LogP contribution in [0.15, 0.2) is 91.0 Å². The fourth-order valence-corrected chi connectivity index (χ4v) is 4.64. The molecule has 0 unspecified atom stereocenters. The van der Waals surface area contributed by atoms with Crippen LogP contribution in [-0.4, -0.2) is 42.4 Å². The number of benzene rings is 3. The van der Waals surface area contributed by atoms with Crippen LogP contribution in [0.5, 0.6) is 0 Å². The molecule has 1 N–H and O–H groups in total. The molecule has 0 bridgehead atoms. The lowest BCUT2D eigenvalue weighted by molar-refractivity contribution is -0.224. The van der Waals surface area contributed by atoms with Gasteiger partial charge in [-0.05, 0) is 23.1 Å². The summed E-state index contributed by atoms with van der Waals surface area (Å²) in [6, 6.07) is 28.6. The molecule has 0 heterocycles. The molecule has 0 aliphatic heterocycles. The lowest BCUT2D eigenvalue weighted by Gasteiger charge is -2.45. The summed E-state index contributed by atoms with van der Waals surface area (Å²) in [4.78, 5) is 30.3. The van der Waals surface area contributed by atoms with E-state index in [2.05, 4.69) is 5.48 Å². The zero-order valence-electron chi connectivity index (χ0n) is 22.2. The fourth-order valence-electron chi connectivity index (χ4n) is 4.64. The van der Waals surface area contributed by atoms with E-state index in [4.69, 9.17) is 23.8 Å². The number of esters is 2. The van der Waals surface area contributed by atoms with Gasteiger partial charge in [-0.1, -0.05) is 91.0 Å². The van der Waals surface area contributed by atoms with Gasteiger partial charge in [0.2, 0.25) is 0 Å². The number of hydrogen-bond donors (Lipinski definition) is 1. The minimum absolute atomic E-state index is 0.226. The molecule has 3 aromatic rings. The Hall–Kier alpha value is -3.56. The summed E-state index contributed by atoms with van der Waals surface area (Å²) < 4.78 is 24.2. The fraction of sp³-hybridized carbons (Fsp3) is 0.355. The Morgan fingerprint density at radius 2 is 1.10 bits per heavy atom. The van der Waals surface area contributed by atoms with Crippen LogP contribution in [-0.2, 0) is 53.2 Å². The molecule has 0 saturated heterocycles. The van der Waals surface area contributed by atoms with Crippen molar-refractivity contribution in [2.24, 2.45) is 0 Å². The monoisotopic (exact) mass is 533 g/mol. The number of ether oxygens (including phenoxy) is 4. The summed E-state index contributed by atoms with van der Waals surface area (Å²) in [5, 5.41) is 0. The van der Waals surface area contributed by atoms with Crippen molar-refractivity contribution in [3.05, 3.63) is 108 Å².